The van der Waals surface area contributed by atoms with E-state index >= 15 is 0 Å². The van der Waals surface area contributed by atoms with Crippen molar-refractivity contribution >= 4 is 16.0 Å². The van der Waals surface area contributed by atoms with E-state index in [1.54, 1.807) is 0 Å². The first kappa shape index (κ1) is 16.2. The van der Waals surface area contributed by atoms with Crippen LogP contribution in [0.2, 0.25) is 0 Å². The number of nitrogens with one attached hydrogen (secondary N) is 1. The van der Waals surface area contributed by atoms with Gasteiger partial charge in [0.1, 0.15) is 0 Å². The zero-order valence-corrected chi connectivity index (χ0v) is 11.5. The summed E-state index contributed by atoms with van der Waals surface area (Å²) >= 11 is 0. The Morgan fingerprint density at radius 1 is 1.69 bits per heavy atom. The van der Waals surface area contributed by atoms with Crippen LogP contribution in [-0.2, 0) is 14.9 Å². The van der Waals surface area contributed by atoms with Crippen LogP contribution >= 0.6 is 0 Å². The van der Waals surface area contributed by atoms with Crippen LogP contribution in [0.4, 0.5) is 0 Å². The first-order chi connectivity index (χ1) is 5.41. The topological polar surface area (TPSA) is 83.5 Å². The maximum Gasteiger partial charge on any atom is 1.00 e. The minimum absolute atomic E-state index is 0. The SMILES string of the molecule is C=[C-]C(=O)NC(CC)S(=O)(=O)O.[K+]. The van der Waals surface area contributed by atoms with Crippen LogP contribution in [0, 0.1) is 6.08 Å². The van der Waals surface area contributed by atoms with Crippen LogP contribution in [0.1, 0.15) is 13.3 Å². The van der Waals surface area contributed by atoms with E-state index < -0.39 is 21.4 Å². The minimum Gasteiger partial charge on any atom is -0.412 e. The predicted octanol–water partition coefficient (Wildman–Crippen LogP) is -3.28. The fraction of sp³-hybridized carbons (Fsp3) is 0.500. The molecule has 0 spiro atoms. The van der Waals surface area contributed by atoms with Gasteiger partial charge in [-0.15, -0.1) is 0 Å². The Kier molecular flexibility index (Phi) is 8.85. The molecule has 1 unspecified atom stereocenters. The number of carbonyl (C=O) groups excluding carboxylic acids is 1. The molecule has 5 nitrogen and oxygen atoms in total. The molecule has 0 heterocycles. The van der Waals surface area contributed by atoms with Crippen molar-refractivity contribution < 1.29 is 69.1 Å². The van der Waals surface area contributed by atoms with E-state index in [-0.39, 0.29) is 57.8 Å². The van der Waals surface area contributed by atoms with Crippen molar-refractivity contribution in [2.24, 2.45) is 0 Å². The molecule has 0 aromatic rings. The predicted molar refractivity (Wildman–Crippen MR) is 42.6 cm³/mol. The minimum atomic E-state index is -4.22. The Bertz CT molecular complexity index is 274. The molecule has 7 heteroatoms. The summed E-state index contributed by atoms with van der Waals surface area (Å²) in [6, 6.07) is 0. The fourth-order valence-electron chi connectivity index (χ4n) is 0.584. The van der Waals surface area contributed by atoms with Crippen LogP contribution in [0.25, 0.3) is 0 Å². The van der Waals surface area contributed by atoms with Gasteiger partial charge in [-0.3, -0.25) is 11.1 Å². The summed E-state index contributed by atoms with van der Waals surface area (Å²) in [4.78, 5) is 10.6. The molecule has 13 heavy (non-hydrogen) atoms. The molecular weight excluding hydrogens is 221 g/mol. The average Bonchev–Trinajstić information content (AvgIpc) is 1.97. The maximum absolute atomic E-state index is 10.6. The van der Waals surface area contributed by atoms with E-state index in [0.717, 1.165) is 0 Å². The standard InChI is InChI=1S/C6H10NO4S.K/c1-3-5(8)7-6(4-2)12(9,10)11;/h6H,1,4H2,2H3,(H,7,8)(H,9,10,11);/q-1;+1. The van der Waals surface area contributed by atoms with Crippen molar-refractivity contribution in [3.63, 3.8) is 0 Å². The molecule has 1 amide bonds. The Balaban J connectivity index is 0. The van der Waals surface area contributed by atoms with E-state index in [1.165, 1.54) is 6.92 Å². The van der Waals surface area contributed by atoms with Crippen molar-refractivity contribution in [2.45, 2.75) is 18.7 Å². The fourth-order valence-corrected chi connectivity index (χ4v) is 1.26. The van der Waals surface area contributed by atoms with Gasteiger partial charge >= 0.3 is 51.4 Å². The van der Waals surface area contributed by atoms with Crippen LogP contribution in [-0.4, -0.2) is 24.3 Å². The molecule has 0 saturated carbocycles. The van der Waals surface area contributed by atoms with Gasteiger partial charge in [-0.25, -0.2) is 0 Å². The van der Waals surface area contributed by atoms with Crippen molar-refractivity contribution in [3.05, 3.63) is 12.7 Å². The molecule has 0 fully saturated rings. The molecule has 0 radical (unpaired) electrons. The second-order valence-electron chi connectivity index (χ2n) is 2.06. The second kappa shape index (κ2) is 7.10. The Labute approximate surface area is 120 Å². The van der Waals surface area contributed by atoms with Gasteiger partial charge in [-0.2, -0.15) is 8.42 Å². The van der Waals surface area contributed by atoms with E-state index in [2.05, 4.69) is 6.58 Å². The first-order valence-electron chi connectivity index (χ1n) is 3.21. The summed E-state index contributed by atoms with van der Waals surface area (Å²) in [5.74, 6) is -0.750. The number of hydrogen-bond donors (Lipinski definition) is 2. The van der Waals surface area contributed by atoms with Gasteiger partial charge in [0, 0.05) is 0 Å². The monoisotopic (exact) mass is 231 g/mol. The van der Waals surface area contributed by atoms with Crippen LogP contribution in [0.5, 0.6) is 0 Å². The number of amides is 1. The van der Waals surface area contributed by atoms with Crippen molar-refractivity contribution in [2.75, 3.05) is 0 Å². The van der Waals surface area contributed by atoms with Gasteiger partial charge in [0.25, 0.3) is 10.1 Å². The molecule has 1 atom stereocenters. The largest absolute Gasteiger partial charge is 1.00 e. The summed E-state index contributed by atoms with van der Waals surface area (Å²) in [6.07, 6.45) is 2.02. The zero-order valence-electron chi connectivity index (χ0n) is 7.57. The second-order valence-corrected chi connectivity index (χ2v) is 3.66. The third-order valence-corrected chi connectivity index (χ3v) is 2.35. The van der Waals surface area contributed by atoms with Gasteiger partial charge in [0.2, 0.25) is 0 Å². The van der Waals surface area contributed by atoms with Gasteiger partial charge in [-0.05, 0) is 6.42 Å². The molecule has 70 valence electrons. The van der Waals surface area contributed by atoms with Crippen LogP contribution in [0.3, 0.4) is 0 Å². The van der Waals surface area contributed by atoms with E-state index in [4.69, 9.17) is 4.55 Å². The summed E-state index contributed by atoms with van der Waals surface area (Å²) in [5.41, 5.74) is 0. The van der Waals surface area contributed by atoms with Gasteiger partial charge < -0.3 is 16.2 Å². The van der Waals surface area contributed by atoms with Gasteiger partial charge in [0.05, 0.1) is 5.91 Å². The Hall–Kier alpha value is 0.756. The number of carbonyl (C=O) groups is 1. The third kappa shape index (κ3) is 6.78. The van der Waals surface area contributed by atoms with Crippen molar-refractivity contribution in [1.29, 1.82) is 0 Å². The quantitative estimate of drug-likeness (QED) is 0.230. The summed E-state index contributed by atoms with van der Waals surface area (Å²) in [5, 5.41) is 0.727. The van der Waals surface area contributed by atoms with Gasteiger partial charge in [0.15, 0.2) is 5.37 Å². The number of hydrogen-bond acceptors (Lipinski definition) is 3. The first-order valence-corrected chi connectivity index (χ1v) is 4.72. The normalized spacial score (nSPS) is 12.5. The molecule has 0 aliphatic carbocycles. The molecule has 0 aliphatic rings. The Morgan fingerprint density at radius 2 is 2.15 bits per heavy atom. The van der Waals surface area contributed by atoms with E-state index in [9.17, 15) is 13.2 Å². The zero-order chi connectivity index (χ0) is 9.78. The van der Waals surface area contributed by atoms with Crippen LogP contribution < -0.4 is 56.7 Å². The summed E-state index contributed by atoms with van der Waals surface area (Å²) < 4.78 is 29.5. The molecular formula is C6H10KNO4S. The third-order valence-electron chi connectivity index (χ3n) is 1.18. The molecule has 2 N–H and O–H groups in total. The molecule has 0 aromatic heterocycles. The molecule has 0 aliphatic heterocycles. The van der Waals surface area contributed by atoms with Crippen molar-refractivity contribution in [3.8, 4) is 0 Å². The summed E-state index contributed by atoms with van der Waals surface area (Å²) in [6.45, 7) is 4.53. The number of rotatable bonds is 4. The van der Waals surface area contributed by atoms with Gasteiger partial charge in [-0.1, -0.05) is 6.92 Å². The maximum atomic E-state index is 10.6. The van der Waals surface area contributed by atoms with E-state index in [0.29, 0.717) is 0 Å². The van der Waals surface area contributed by atoms with Crippen molar-refractivity contribution in [1.82, 2.24) is 5.32 Å². The molecule has 0 bridgehead atoms. The average molecular weight is 231 g/mol. The smallest absolute Gasteiger partial charge is 0.412 e. The molecule has 0 aromatic carbocycles. The Morgan fingerprint density at radius 3 is 2.38 bits per heavy atom. The summed E-state index contributed by atoms with van der Waals surface area (Å²) in [7, 11) is -4.22. The molecule has 0 saturated heterocycles. The molecule has 0 rings (SSSR count). The van der Waals surface area contributed by atoms with Crippen LogP contribution in [0.15, 0.2) is 6.58 Å². The van der Waals surface area contributed by atoms with E-state index in [1.807, 2.05) is 11.4 Å².